The van der Waals surface area contributed by atoms with Crippen LogP contribution in [0.3, 0.4) is 0 Å². The summed E-state index contributed by atoms with van der Waals surface area (Å²) in [5, 5.41) is 7.60. The number of hydrogen-bond acceptors (Lipinski definition) is 4. The maximum Gasteiger partial charge on any atom is 0.191 e. The molecule has 120 valence electrons. The lowest BCUT2D eigenvalue weighted by atomic mass is 10.2. The van der Waals surface area contributed by atoms with Crippen LogP contribution < -0.4 is 20.4 Å². The molecule has 0 saturated carbocycles. The fraction of sp³-hybridized carbons (Fsp3) is 0.176. The predicted octanol–water partition coefficient (Wildman–Crippen LogP) is 3.08. The molecule has 0 unspecified atom stereocenters. The van der Waals surface area contributed by atoms with Crippen LogP contribution in [0.25, 0.3) is 0 Å². The van der Waals surface area contributed by atoms with Crippen LogP contribution in [0, 0.1) is 0 Å². The van der Waals surface area contributed by atoms with Crippen LogP contribution in [-0.2, 0) is 0 Å². The fourth-order valence-corrected chi connectivity index (χ4v) is 2.03. The standard InChI is InChI=1S/C17H20N4OS/c1-21(2)15-8-4-13(5-9-15)12-18-20-17(23)19-14-6-10-16(22-3)11-7-14/h4-12H,1-3H3,(H2,19,20,23). The second-order valence-electron chi connectivity index (χ2n) is 5.04. The molecule has 0 saturated heterocycles. The highest BCUT2D eigenvalue weighted by atomic mass is 32.1. The molecule has 0 aliphatic rings. The zero-order chi connectivity index (χ0) is 16.7. The van der Waals surface area contributed by atoms with Crippen molar-refractivity contribution in [3.8, 4) is 5.75 Å². The number of ether oxygens (including phenoxy) is 1. The Kier molecular flexibility index (Phi) is 5.94. The lowest BCUT2D eigenvalue weighted by Crippen LogP contribution is -2.23. The van der Waals surface area contributed by atoms with Gasteiger partial charge in [0.25, 0.3) is 0 Å². The molecule has 2 aromatic carbocycles. The first-order valence-electron chi connectivity index (χ1n) is 7.10. The van der Waals surface area contributed by atoms with Crippen LogP contribution in [0.1, 0.15) is 5.56 Å². The van der Waals surface area contributed by atoms with Gasteiger partial charge in [-0.2, -0.15) is 5.10 Å². The summed E-state index contributed by atoms with van der Waals surface area (Å²) in [5.74, 6) is 0.800. The van der Waals surface area contributed by atoms with Crippen LogP contribution in [-0.4, -0.2) is 32.5 Å². The van der Waals surface area contributed by atoms with Crippen molar-refractivity contribution < 1.29 is 4.74 Å². The molecule has 2 aromatic rings. The zero-order valence-electron chi connectivity index (χ0n) is 13.4. The van der Waals surface area contributed by atoms with E-state index in [4.69, 9.17) is 17.0 Å². The molecule has 0 aromatic heterocycles. The molecule has 0 aliphatic heterocycles. The number of rotatable bonds is 5. The van der Waals surface area contributed by atoms with Crippen molar-refractivity contribution in [2.45, 2.75) is 0 Å². The van der Waals surface area contributed by atoms with Crippen LogP contribution in [0.15, 0.2) is 53.6 Å². The maximum absolute atomic E-state index is 5.19. The second-order valence-corrected chi connectivity index (χ2v) is 5.45. The van der Waals surface area contributed by atoms with E-state index in [2.05, 4.69) is 15.8 Å². The van der Waals surface area contributed by atoms with Crippen molar-refractivity contribution >= 4 is 34.9 Å². The van der Waals surface area contributed by atoms with Gasteiger partial charge in [-0.1, -0.05) is 12.1 Å². The quantitative estimate of drug-likeness (QED) is 0.502. The molecular formula is C17H20N4OS. The van der Waals surface area contributed by atoms with Gasteiger partial charge in [-0.15, -0.1) is 0 Å². The van der Waals surface area contributed by atoms with Gasteiger partial charge in [0.2, 0.25) is 0 Å². The minimum Gasteiger partial charge on any atom is -0.497 e. The Hall–Kier alpha value is -2.60. The number of hydrogen-bond donors (Lipinski definition) is 2. The average molecular weight is 328 g/mol. The Balaban J connectivity index is 1.85. The van der Waals surface area contributed by atoms with Gasteiger partial charge in [0.15, 0.2) is 5.11 Å². The number of methoxy groups -OCH3 is 1. The van der Waals surface area contributed by atoms with Gasteiger partial charge in [-0.05, 0) is 54.2 Å². The Labute approximate surface area is 142 Å². The first-order valence-corrected chi connectivity index (χ1v) is 7.51. The third-order valence-corrected chi connectivity index (χ3v) is 3.33. The van der Waals surface area contributed by atoms with Gasteiger partial charge in [-0.3, -0.25) is 5.43 Å². The largest absolute Gasteiger partial charge is 0.497 e. The number of nitrogens with one attached hydrogen (secondary N) is 2. The van der Waals surface area contributed by atoms with Crippen molar-refractivity contribution in [1.82, 2.24) is 5.43 Å². The third kappa shape index (κ3) is 5.27. The van der Waals surface area contributed by atoms with Crippen LogP contribution in [0.5, 0.6) is 5.75 Å². The van der Waals surface area contributed by atoms with Gasteiger partial charge in [-0.25, -0.2) is 0 Å². The third-order valence-electron chi connectivity index (χ3n) is 3.14. The Morgan fingerprint density at radius 1 is 1.09 bits per heavy atom. The summed E-state index contributed by atoms with van der Waals surface area (Å²) < 4.78 is 5.11. The van der Waals surface area contributed by atoms with E-state index in [1.807, 2.05) is 67.5 Å². The van der Waals surface area contributed by atoms with E-state index in [-0.39, 0.29) is 0 Å². The minimum absolute atomic E-state index is 0.427. The van der Waals surface area contributed by atoms with Crippen LogP contribution in [0.4, 0.5) is 11.4 Å². The number of anilines is 2. The van der Waals surface area contributed by atoms with Gasteiger partial charge in [0.1, 0.15) is 5.75 Å². The molecular weight excluding hydrogens is 308 g/mol. The minimum atomic E-state index is 0.427. The molecule has 23 heavy (non-hydrogen) atoms. The van der Waals surface area contributed by atoms with E-state index in [1.54, 1.807) is 13.3 Å². The molecule has 6 heteroatoms. The summed E-state index contributed by atoms with van der Waals surface area (Å²) >= 11 is 5.19. The van der Waals surface area contributed by atoms with E-state index in [9.17, 15) is 0 Å². The summed E-state index contributed by atoms with van der Waals surface area (Å²) in [7, 11) is 5.65. The highest BCUT2D eigenvalue weighted by Gasteiger charge is 1.97. The molecule has 2 rings (SSSR count). The monoisotopic (exact) mass is 328 g/mol. The van der Waals surface area contributed by atoms with Crippen molar-refractivity contribution in [3.63, 3.8) is 0 Å². The summed E-state index contributed by atoms with van der Waals surface area (Å²) in [6.07, 6.45) is 1.72. The van der Waals surface area contributed by atoms with Gasteiger partial charge >= 0.3 is 0 Å². The number of thiocarbonyl (C=S) groups is 1. The summed E-state index contributed by atoms with van der Waals surface area (Å²) in [4.78, 5) is 2.05. The summed E-state index contributed by atoms with van der Waals surface area (Å²) in [5.41, 5.74) is 5.80. The highest BCUT2D eigenvalue weighted by molar-refractivity contribution is 7.80. The Bertz CT molecular complexity index is 666. The van der Waals surface area contributed by atoms with Crippen LogP contribution in [0.2, 0.25) is 0 Å². The molecule has 0 heterocycles. The van der Waals surface area contributed by atoms with Gasteiger partial charge < -0.3 is 15.0 Å². The molecule has 0 radical (unpaired) electrons. The Morgan fingerprint density at radius 2 is 1.74 bits per heavy atom. The van der Waals surface area contributed by atoms with Crippen molar-refractivity contribution in [2.24, 2.45) is 5.10 Å². The molecule has 0 spiro atoms. The van der Waals surface area contributed by atoms with E-state index in [0.717, 1.165) is 22.7 Å². The molecule has 2 N–H and O–H groups in total. The van der Waals surface area contributed by atoms with E-state index in [0.29, 0.717) is 5.11 Å². The van der Waals surface area contributed by atoms with Gasteiger partial charge in [0, 0.05) is 25.5 Å². The van der Waals surface area contributed by atoms with Crippen molar-refractivity contribution in [1.29, 1.82) is 0 Å². The van der Waals surface area contributed by atoms with Crippen LogP contribution >= 0.6 is 12.2 Å². The van der Waals surface area contributed by atoms with E-state index < -0.39 is 0 Å². The second kappa shape index (κ2) is 8.14. The number of nitrogens with zero attached hydrogens (tertiary/aromatic N) is 2. The first-order chi connectivity index (χ1) is 11.1. The normalized spacial score (nSPS) is 10.4. The van der Waals surface area contributed by atoms with E-state index >= 15 is 0 Å². The predicted molar refractivity (Wildman–Crippen MR) is 101 cm³/mol. The zero-order valence-corrected chi connectivity index (χ0v) is 14.2. The Morgan fingerprint density at radius 3 is 2.30 bits per heavy atom. The molecule has 0 atom stereocenters. The van der Waals surface area contributed by atoms with Gasteiger partial charge in [0.05, 0.1) is 13.3 Å². The number of benzene rings is 2. The topological polar surface area (TPSA) is 48.9 Å². The smallest absolute Gasteiger partial charge is 0.191 e. The summed E-state index contributed by atoms with van der Waals surface area (Å²) in [6.45, 7) is 0. The lowest BCUT2D eigenvalue weighted by molar-refractivity contribution is 0.415. The molecule has 0 aliphatic carbocycles. The summed E-state index contributed by atoms with van der Waals surface area (Å²) in [6, 6.07) is 15.6. The molecule has 5 nitrogen and oxygen atoms in total. The lowest BCUT2D eigenvalue weighted by Gasteiger charge is -2.11. The SMILES string of the molecule is COc1ccc(NC(=S)NN=Cc2ccc(N(C)C)cc2)cc1. The number of hydrazone groups is 1. The average Bonchev–Trinajstić information content (AvgIpc) is 2.56. The van der Waals surface area contributed by atoms with E-state index in [1.165, 1.54) is 0 Å². The first kappa shape index (κ1) is 16.8. The molecule has 0 amide bonds. The molecule has 0 fully saturated rings. The van der Waals surface area contributed by atoms with Crippen molar-refractivity contribution in [3.05, 3.63) is 54.1 Å². The van der Waals surface area contributed by atoms with Crippen molar-refractivity contribution in [2.75, 3.05) is 31.4 Å². The maximum atomic E-state index is 5.19. The fourth-order valence-electron chi connectivity index (χ4n) is 1.86. The highest BCUT2D eigenvalue weighted by Crippen LogP contribution is 2.14. The molecule has 0 bridgehead atoms.